The van der Waals surface area contributed by atoms with Crippen LogP contribution in [0.1, 0.15) is 52.7 Å². The molecule has 51 heavy (non-hydrogen) atoms. The number of aromatic hydroxyl groups is 1. The van der Waals surface area contributed by atoms with Gasteiger partial charge >= 0.3 is 0 Å². The largest absolute Gasteiger partial charge is 0.508 e. The van der Waals surface area contributed by atoms with Crippen LogP contribution in [0.4, 0.5) is 5.69 Å². The quantitative estimate of drug-likeness (QED) is 0.138. The molecule has 0 aromatic heterocycles. The maximum Gasteiger partial charge on any atom is 0.238 e. The highest BCUT2D eigenvalue weighted by atomic mass is 16.5. The summed E-state index contributed by atoms with van der Waals surface area (Å²) in [6, 6.07) is 29.7. The van der Waals surface area contributed by atoms with E-state index in [9.17, 15) is 19.5 Å². The van der Waals surface area contributed by atoms with Crippen molar-refractivity contribution >= 4 is 40.4 Å². The van der Waals surface area contributed by atoms with Crippen molar-refractivity contribution in [3.63, 3.8) is 0 Å². The Balaban J connectivity index is 1.34. The summed E-state index contributed by atoms with van der Waals surface area (Å²) < 4.78 is 5.41. The fourth-order valence-electron chi connectivity index (χ4n) is 9.21. The van der Waals surface area contributed by atoms with E-state index in [1.165, 1.54) is 31.1 Å². The summed E-state index contributed by atoms with van der Waals surface area (Å²) in [5, 5.41) is 11.7. The first-order valence-corrected chi connectivity index (χ1v) is 17.1. The molecule has 6 atom stereocenters. The van der Waals surface area contributed by atoms with Crippen molar-refractivity contribution < 1.29 is 33.8 Å². The number of carbonyl (C=O) groups excluding carboxylic acids is 5. The van der Waals surface area contributed by atoms with E-state index in [0.29, 0.717) is 39.3 Å². The Morgan fingerprint density at radius 3 is 2.18 bits per heavy atom. The van der Waals surface area contributed by atoms with Gasteiger partial charge in [0.1, 0.15) is 11.5 Å². The van der Waals surface area contributed by atoms with Crippen LogP contribution in [0.25, 0.3) is 5.57 Å². The number of phenols is 1. The molecule has 2 fully saturated rings. The lowest BCUT2D eigenvalue weighted by Crippen LogP contribution is -2.58. The second-order valence-electron chi connectivity index (χ2n) is 13.8. The van der Waals surface area contributed by atoms with Gasteiger partial charge in [0.2, 0.25) is 11.8 Å². The summed E-state index contributed by atoms with van der Waals surface area (Å²) in [6.45, 7) is 1.45. The Morgan fingerprint density at radius 1 is 0.843 bits per heavy atom. The minimum absolute atomic E-state index is 0.101. The first-order chi connectivity index (χ1) is 24.7. The average Bonchev–Trinajstić information content (AvgIpc) is 3.41. The first-order valence-electron chi connectivity index (χ1n) is 17.1. The molecular formula is C43H35NO7. The lowest BCUT2D eigenvalue weighted by Gasteiger charge is -2.55. The lowest BCUT2D eigenvalue weighted by atomic mass is 9.44. The van der Waals surface area contributed by atoms with Crippen LogP contribution >= 0.6 is 0 Å². The molecule has 4 aromatic carbocycles. The molecule has 1 aliphatic heterocycles. The third-order valence-electron chi connectivity index (χ3n) is 11.5. The van der Waals surface area contributed by atoms with E-state index in [4.69, 9.17) is 4.74 Å². The van der Waals surface area contributed by atoms with Gasteiger partial charge in [-0.2, -0.15) is 0 Å². The standard InChI is InChI=1S/C43H35NO7/c1-24(45)25-13-15-28(16-14-25)44-41(49)32-20-19-30-34(38(32)42(44)50)22-35-40(48)33(26-9-5-3-6-10-26)23-37(47)43(35,27-11-7-4-8-12-27)39(30)31-18-17-29(51-2)21-36(31)46/h3-19,21,23,32,34-35,38-39,46H,20,22H2,1-2H3/t32-,34+,35-,38-,39+,43-/m0/s1. The third kappa shape index (κ3) is 4.77. The molecule has 8 rings (SSSR count). The highest BCUT2D eigenvalue weighted by molar-refractivity contribution is 6.32. The van der Waals surface area contributed by atoms with Gasteiger partial charge in [0.05, 0.1) is 30.0 Å². The number of imide groups is 1. The van der Waals surface area contributed by atoms with Crippen LogP contribution in [-0.4, -0.2) is 41.4 Å². The molecule has 0 spiro atoms. The minimum Gasteiger partial charge on any atom is -0.508 e. The normalized spacial score (nSPS) is 26.9. The fraction of sp³-hybridized carbons (Fsp3) is 0.233. The van der Waals surface area contributed by atoms with E-state index in [2.05, 4.69) is 0 Å². The predicted octanol–water partition coefficient (Wildman–Crippen LogP) is 6.63. The van der Waals surface area contributed by atoms with Crippen molar-refractivity contribution in [3.05, 3.63) is 143 Å². The number of fused-ring (bicyclic) bond motifs is 4. The molecule has 8 nitrogen and oxygen atoms in total. The maximum atomic E-state index is 15.1. The zero-order chi connectivity index (χ0) is 35.6. The maximum absolute atomic E-state index is 15.1. The van der Waals surface area contributed by atoms with Crippen molar-refractivity contribution in [1.82, 2.24) is 0 Å². The van der Waals surface area contributed by atoms with Gasteiger partial charge in [-0.15, -0.1) is 0 Å². The first kappa shape index (κ1) is 32.3. The second-order valence-corrected chi connectivity index (χ2v) is 13.8. The zero-order valence-corrected chi connectivity index (χ0v) is 28.1. The molecular weight excluding hydrogens is 642 g/mol. The Kier molecular flexibility index (Phi) is 7.71. The van der Waals surface area contributed by atoms with Crippen LogP contribution in [0.5, 0.6) is 11.5 Å². The summed E-state index contributed by atoms with van der Waals surface area (Å²) in [6.07, 6.45) is 3.82. The number of amides is 2. The van der Waals surface area contributed by atoms with Crippen molar-refractivity contribution in [2.75, 3.05) is 12.0 Å². The number of hydrogen-bond donors (Lipinski definition) is 1. The number of methoxy groups -OCH3 is 1. The molecule has 1 heterocycles. The lowest BCUT2D eigenvalue weighted by molar-refractivity contribution is -0.135. The minimum atomic E-state index is -1.45. The number of ketones is 3. The number of carbonyl (C=O) groups is 5. The number of allylic oxidation sites excluding steroid dienone is 4. The van der Waals surface area contributed by atoms with Crippen LogP contribution in [0, 0.1) is 23.7 Å². The van der Waals surface area contributed by atoms with Gasteiger partial charge in [-0.25, -0.2) is 0 Å². The second kappa shape index (κ2) is 12.2. The molecule has 4 aromatic rings. The van der Waals surface area contributed by atoms with Crippen molar-refractivity contribution in [1.29, 1.82) is 0 Å². The highest BCUT2D eigenvalue weighted by Gasteiger charge is 2.66. The Morgan fingerprint density at radius 2 is 1.53 bits per heavy atom. The van der Waals surface area contributed by atoms with Gasteiger partial charge in [0.15, 0.2) is 17.3 Å². The van der Waals surface area contributed by atoms with Crippen molar-refractivity contribution in [2.45, 2.75) is 31.1 Å². The molecule has 1 saturated carbocycles. The molecule has 254 valence electrons. The van der Waals surface area contributed by atoms with E-state index >= 15 is 9.59 Å². The molecule has 2 amide bonds. The number of Topliss-reactive ketones (excluding diaryl/α,β-unsaturated/α-hetero) is 2. The summed E-state index contributed by atoms with van der Waals surface area (Å²) in [5.74, 6) is -4.83. The Hall–Kier alpha value is -5.89. The van der Waals surface area contributed by atoms with Gasteiger partial charge in [0, 0.05) is 34.6 Å². The third-order valence-corrected chi connectivity index (χ3v) is 11.5. The molecule has 0 bridgehead atoms. The Labute approximate surface area is 295 Å². The van der Waals surface area contributed by atoms with Gasteiger partial charge in [0.25, 0.3) is 0 Å². The van der Waals surface area contributed by atoms with E-state index in [-0.39, 0.29) is 47.8 Å². The highest BCUT2D eigenvalue weighted by Crippen LogP contribution is 2.64. The SMILES string of the molecule is COc1ccc([C@H]2C3=CC[C@@H]4C(=O)N(c5ccc(C(C)=O)cc5)C(=O)[C@@H]4[C@@H]3C[C@H]3C(=O)C(c4ccccc4)=CC(=O)[C@@]23c2ccccc2)c(O)c1. The van der Waals surface area contributed by atoms with E-state index in [1.54, 1.807) is 48.5 Å². The van der Waals surface area contributed by atoms with Gasteiger partial charge in [-0.05, 0) is 73.2 Å². The van der Waals surface area contributed by atoms with Crippen molar-refractivity contribution in [2.24, 2.45) is 23.7 Å². The molecule has 1 saturated heterocycles. The summed E-state index contributed by atoms with van der Waals surface area (Å²) in [7, 11) is 1.50. The van der Waals surface area contributed by atoms with Crippen LogP contribution < -0.4 is 9.64 Å². The molecule has 3 aliphatic carbocycles. The molecule has 0 unspecified atom stereocenters. The Bertz CT molecular complexity index is 2190. The molecule has 0 radical (unpaired) electrons. The van der Waals surface area contributed by atoms with Crippen molar-refractivity contribution in [3.8, 4) is 11.5 Å². The zero-order valence-electron chi connectivity index (χ0n) is 28.1. The smallest absolute Gasteiger partial charge is 0.238 e. The van der Waals surface area contributed by atoms with Crippen LogP contribution in [0.3, 0.4) is 0 Å². The van der Waals surface area contributed by atoms with E-state index in [1.807, 2.05) is 54.6 Å². The molecule has 8 heteroatoms. The number of nitrogens with zero attached hydrogens (tertiary/aromatic N) is 1. The number of anilines is 1. The number of phenolic OH excluding ortho intramolecular Hbond substituents is 1. The van der Waals surface area contributed by atoms with Gasteiger partial charge in [-0.3, -0.25) is 28.9 Å². The predicted molar refractivity (Wildman–Crippen MR) is 190 cm³/mol. The van der Waals surface area contributed by atoms with Gasteiger partial charge in [-0.1, -0.05) is 78.4 Å². The number of rotatable bonds is 6. The van der Waals surface area contributed by atoms with Crippen LogP contribution in [-0.2, 0) is 24.6 Å². The van der Waals surface area contributed by atoms with Crippen LogP contribution in [0.15, 0.2) is 121 Å². The topological polar surface area (TPSA) is 118 Å². The molecule has 1 N–H and O–H groups in total. The summed E-state index contributed by atoms with van der Waals surface area (Å²) >= 11 is 0. The van der Waals surface area contributed by atoms with E-state index < -0.39 is 35.0 Å². The number of ether oxygens (including phenoxy) is 1. The summed E-state index contributed by atoms with van der Waals surface area (Å²) in [5.41, 5.74) is 2.14. The summed E-state index contributed by atoms with van der Waals surface area (Å²) in [4.78, 5) is 71.9. The molecule has 4 aliphatic rings. The van der Waals surface area contributed by atoms with Gasteiger partial charge < -0.3 is 9.84 Å². The number of hydrogen-bond acceptors (Lipinski definition) is 7. The number of benzene rings is 4. The van der Waals surface area contributed by atoms with E-state index in [0.717, 1.165) is 5.57 Å². The fourth-order valence-corrected chi connectivity index (χ4v) is 9.21. The monoisotopic (exact) mass is 677 g/mol. The average molecular weight is 678 g/mol. The van der Waals surface area contributed by atoms with Crippen LogP contribution in [0.2, 0.25) is 0 Å².